The summed E-state index contributed by atoms with van der Waals surface area (Å²) in [4.78, 5) is 0. The van der Waals surface area contributed by atoms with Gasteiger partial charge in [-0.15, -0.1) is 0 Å². The first-order valence-electron chi connectivity index (χ1n) is 3.39. The molecule has 0 radical (unpaired) electrons. The zero-order valence-corrected chi connectivity index (χ0v) is 9.74. The summed E-state index contributed by atoms with van der Waals surface area (Å²) in [5.74, 6) is 0. The molecule has 0 aliphatic rings. The maximum Gasteiger partial charge on any atom is 0.0882 e. The minimum atomic E-state index is 0.0358. The summed E-state index contributed by atoms with van der Waals surface area (Å²) in [6.07, 6.45) is 2.48. The van der Waals surface area contributed by atoms with E-state index in [1.807, 2.05) is 26.1 Å². The Morgan fingerprint density at radius 3 is 2.64 bits per heavy atom. The van der Waals surface area contributed by atoms with Crippen molar-refractivity contribution in [3.63, 3.8) is 0 Å². The molecule has 1 rings (SSSR count). The molecule has 11 heavy (non-hydrogen) atoms. The second-order valence-corrected chi connectivity index (χ2v) is 3.57. The number of hydrogen-bond acceptors (Lipinski definition) is 2. The van der Waals surface area contributed by atoms with Crippen LogP contribution in [-0.2, 0) is 6.61 Å². The van der Waals surface area contributed by atoms with Gasteiger partial charge in [-0.25, -0.2) is 4.45 Å². The number of nitrogens with zero attached hydrogens (tertiary/aromatic N) is 2. The van der Waals surface area contributed by atoms with Crippen LogP contribution in [0.5, 0.6) is 0 Å². The van der Waals surface area contributed by atoms with E-state index < -0.39 is 0 Å². The van der Waals surface area contributed by atoms with E-state index in [-0.39, 0.29) is 6.61 Å². The Hall–Kier alpha value is 0.330. The first-order valence-corrected chi connectivity index (χ1v) is 7.45. The van der Waals surface area contributed by atoms with Crippen LogP contribution in [0.4, 0.5) is 0 Å². The summed E-state index contributed by atoms with van der Waals surface area (Å²) in [5.41, 5.74) is 0.735. The molecule has 5 heteroatoms. The molecule has 0 bridgehead atoms. The normalized spacial score (nSPS) is 9.82. The summed E-state index contributed by atoms with van der Waals surface area (Å²) < 4.78 is 1.80. The van der Waals surface area contributed by atoms with Crippen LogP contribution in [-0.4, -0.2) is 14.7 Å². The van der Waals surface area contributed by atoms with Gasteiger partial charge in [0.15, 0.2) is 0 Å². The van der Waals surface area contributed by atoms with Crippen LogP contribution in [0.1, 0.15) is 19.5 Å². The number of aliphatic hydroxyl groups is 1. The summed E-state index contributed by atoms with van der Waals surface area (Å²) in [7, 11) is 0. The molecule has 0 aliphatic heterocycles. The Morgan fingerprint density at radius 2 is 2.36 bits per heavy atom. The molecule has 1 aromatic rings. The molecule has 0 amide bonds. The smallest absolute Gasteiger partial charge is 0.0882 e. The predicted molar refractivity (Wildman–Crippen MR) is 57.2 cm³/mol. The van der Waals surface area contributed by atoms with Crippen LogP contribution in [0.3, 0.4) is 0 Å². The highest BCUT2D eigenvalue weighted by Gasteiger charge is 1.92. The Balaban J connectivity index is 0.000000461. The van der Waals surface area contributed by atoms with Gasteiger partial charge in [0.2, 0.25) is 0 Å². The van der Waals surface area contributed by atoms with Crippen LogP contribution in [0.2, 0.25) is 0 Å². The predicted octanol–water partition coefficient (Wildman–Crippen LogP) is 2.19. The standard InChI is InChI=1S/C4H6IN2OP.C2H6/c5-9-7-2-1-4(3-8)6-7;1-2/h1-2,8-9H,3H2;1-2H3. The maximum atomic E-state index is 8.57. The molecule has 0 saturated heterocycles. The van der Waals surface area contributed by atoms with Crippen LogP contribution >= 0.6 is 28.4 Å². The van der Waals surface area contributed by atoms with Crippen LogP contribution < -0.4 is 0 Å². The number of aliphatic hydroxyl groups excluding tert-OH is 1. The molecule has 1 heterocycles. The highest BCUT2D eigenvalue weighted by atomic mass is 127. The van der Waals surface area contributed by atoms with Gasteiger partial charge in [0.1, 0.15) is 0 Å². The van der Waals surface area contributed by atoms with Crippen molar-refractivity contribution >= 4 is 28.4 Å². The molecule has 0 aromatic carbocycles. The fraction of sp³-hybridized carbons (Fsp3) is 0.500. The lowest BCUT2D eigenvalue weighted by atomic mass is 10.5. The Bertz CT molecular complexity index is 174. The molecule has 3 nitrogen and oxygen atoms in total. The van der Waals surface area contributed by atoms with E-state index in [0.717, 1.165) is 5.69 Å². The van der Waals surface area contributed by atoms with Gasteiger partial charge in [-0.3, -0.25) is 0 Å². The molecule has 0 fully saturated rings. The number of rotatable bonds is 2. The van der Waals surface area contributed by atoms with Crippen molar-refractivity contribution in [1.29, 1.82) is 0 Å². The summed E-state index contributed by atoms with van der Waals surface area (Å²) in [5, 5.41) is 12.6. The van der Waals surface area contributed by atoms with E-state index in [4.69, 9.17) is 5.11 Å². The molecule has 1 N–H and O–H groups in total. The fourth-order valence-electron chi connectivity index (χ4n) is 0.493. The third kappa shape index (κ3) is 4.03. The molecule has 0 saturated carbocycles. The van der Waals surface area contributed by atoms with Crippen molar-refractivity contribution in [1.82, 2.24) is 9.55 Å². The number of hydrogen-bond donors (Lipinski definition) is 1. The van der Waals surface area contributed by atoms with E-state index in [1.165, 1.54) is 0 Å². The molecule has 1 aromatic heterocycles. The van der Waals surface area contributed by atoms with Crippen molar-refractivity contribution < 1.29 is 5.11 Å². The zero-order chi connectivity index (χ0) is 8.69. The third-order valence-corrected chi connectivity index (χ3v) is 2.80. The van der Waals surface area contributed by atoms with Crippen molar-refractivity contribution in [3.05, 3.63) is 18.0 Å². The Kier molecular flexibility index (Phi) is 7.22. The van der Waals surface area contributed by atoms with Gasteiger partial charge in [-0.2, -0.15) is 5.10 Å². The SMILES string of the molecule is CC.OCc1ccn(PI)n1. The number of aromatic nitrogens is 2. The topological polar surface area (TPSA) is 38.0 Å². The van der Waals surface area contributed by atoms with Gasteiger partial charge in [-0.1, -0.05) is 13.8 Å². The van der Waals surface area contributed by atoms with Gasteiger partial charge in [0, 0.05) is 6.20 Å². The molecule has 0 spiro atoms. The van der Waals surface area contributed by atoms with Crippen molar-refractivity contribution in [3.8, 4) is 0 Å². The monoisotopic (exact) mass is 286 g/mol. The Morgan fingerprint density at radius 1 is 1.73 bits per heavy atom. The highest BCUT2D eigenvalue weighted by Crippen LogP contribution is 2.21. The van der Waals surface area contributed by atoms with E-state index in [0.29, 0.717) is 6.37 Å². The first-order chi connectivity index (χ1) is 5.36. The summed E-state index contributed by atoms with van der Waals surface area (Å²) in [6, 6.07) is 1.81. The second-order valence-electron chi connectivity index (χ2n) is 1.49. The molecular weight excluding hydrogens is 274 g/mol. The molecular formula is C6H12IN2OP. The number of halogens is 1. The molecule has 64 valence electrons. The second kappa shape index (κ2) is 7.00. The molecule has 1 atom stereocenters. The fourth-order valence-corrected chi connectivity index (χ4v) is 1.60. The van der Waals surface area contributed by atoms with Gasteiger partial charge < -0.3 is 5.11 Å². The van der Waals surface area contributed by atoms with E-state index in [1.54, 1.807) is 4.45 Å². The largest absolute Gasteiger partial charge is 0.390 e. The minimum absolute atomic E-state index is 0.0358. The Labute approximate surface area is 81.5 Å². The zero-order valence-electron chi connectivity index (χ0n) is 6.58. The quantitative estimate of drug-likeness (QED) is 0.668. The molecule has 1 unspecified atom stereocenters. The van der Waals surface area contributed by atoms with E-state index in [9.17, 15) is 0 Å². The van der Waals surface area contributed by atoms with Crippen molar-refractivity contribution in [2.45, 2.75) is 20.5 Å². The van der Waals surface area contributed by atoms with Crippen molar-refractivity contribution in [2.75, 3.05) is 0 Å². The van der Waals surface area contributed by atoms with Gasteiger partial charge in [0.25, 0.3) is 0 Å². The highest BCUT2D eigenvalue weighted by molar-refractivity contribution is 14.2. The lowest BCUT2D eigenvalue weighted by molar-refractivity contribution is 0.276. The third-order valence-electron chi connectivity index (χ3n) is 0.893. The summed E-state index contributed by atoms with van der Waals surface area (Å²) >= 11 is 2.23. The lowest BCUT2D eigenvalue weighted by Crippen LogP contribution is -1.85. The van der Waals surface area contributed by atoms with E-state index >= 15 is 0 Å². The van der Waals surface area contributed by atoms with Gasteiger partial charge >= 0.3 is 0 Å². The van der Waals surface area contributed by atoms with Crippen molar-refractivity contribution in [2.24, 2.45) is 0 Å². The lowest BCUT2D eigenvalue weighted by Gasteiger charge is -1.88. The average molecular weight is 286 g/mol. The minimum Gasteiger partial charge on any atom is -0.390 e. The van der Waals surface area contributed by atoms with Crippen LogP contribution in [0, 0.1) is 0 Å². The maximum absolute atomic E-state index is 8.57. The molecule has 0 aliphatic carbocycles. The summed E-state index contributed by atoms with van der Waals surface area (Å²) in [6.45, 7) is 4.04. The van der Waals surface area contributed by atoms with E-state index in [2.05, 4.69) is 27.1 Å². The average Bonchev–Trinajstić information content (AvgIpc) is 2.55. The van der Waals surface area contributed by atoms with Gasteiger partial charge in [-0.05, 0) is 28.1 Å². The first kappa shape index (κ1) is 11.3. The van der Waals surface area contributed by atoms with Gasteiger partial charge in [0.05, 0.1) is 18.7 Å². The van der Waals surface area contributed by atoms with Crippen LogP contribution in [0.15, 0.2) is 12.3 Å². The van der Waals surface area contributed by atoms with Crippen LogP contribution in [0.25, 0.3) is 0 Å².